The van der Waals surface area contributed by atoms with Gasteiger partial charge in [0.25, 0.3) is 5.56 Å². The van der Waals surface area contributed by atoms with Crippen LogP contribution in [0.25, 0.3) is 22.0 Å². The number of aryl methyl sites for hydroxylation is 2. The average molecular weight is 479 g/mol. The molecular formula is C25H26N4O4S. The predicted molar refractivity (Wildman–Crippen MR) is 133 cm³/mol. The number of pyridine rings is 1. The first-order valence-corrected chi connectivity index (χ1v) is 12.5. The van der Waals surface area contributed by atoms with Crippen LogP contribution >= 0.6 is 0 Å². The number of aromatic amines is 1. The summed E-state index contributed by atoms with van der Waals surface area (Å²) in [5.74, 6) is 0.934. The molecule has 2 heterocycles. The van der Waals surface area contributed by atoms with Gasteiger partial charge < -0.3 is 25.8 Å². The minimum Gasteiger partial charge on any atom is -0.490 e. The Morgan fingerprint density at radius 1 is 1.09 bits per heavy atom. The summed E-state index contributed by atoms with van der Waals surface area (Å²) in [6.07, 6.45) is 3.88. The van der Waals surface area contributed by atoms with E-state index in [2.05, 4.69) is 4.98 Å². The van der Waals surface area contributed by atoms with Crippen molar-refractivity contribution in [1.29, 1.82) is 0 Å². The van der Waals surface area contributed by atoms with Crippen molar-refractivity contribution in [3.63, 3.8) is 0 Å². The average Bonchev–Trinajstić information content (AvgIpc) is 3.52. The zero-order valence-electron chi connectivity index (χ0n) is 19.0. The lowest BCUT2D eigenvalue weighted by Crippen LogP contribution is -2.17. The molecule has 0 saturated heterocycles. The molecule has 8 nitrogen and oxygen atoms in total. The largest absolute Gasteiger partial charge is 0.490 e. The lowest BCUT2D eigenvalue weighted by molar-refractivity contribution is 0.302. The number of nitrogen functional groups attached to an aromatic ring is 2. The second kappa shape index (κ2) is 7.95. The smallest absolute Gasteiger partial charge is 0.274 e. The molecule has 4 aromatic rings. The number of nitrogens with one attached hydrogen (secondary N) is 1. The van der Waals surface area contributed by atoms with Crippen molar-refractivity contribution in [2.45, 2.75) is 29.7 Å². The number of nitrogens with two attached hydrogens (primary N) is 2. The number of sulfone groups is 1. The lowest BCUT2D eigenvalue weighted by atomic mass is 10.0. The molecule has 0 amide bonds. The Balaban J connectivity index is 1.71. The first-order chi connectivity index (χ1) is 16.2. The summed E-state index contributed by atoms with van der Waals surface area (Å²) >= 11 is 0. The summed E-state index contributed by atoms with van der Waals surface area (Å²) in [4.78, 5) is 15.9. The predicted octanol–water partition coefficient (Wildman–Crippen LogP) is 3.63. The van der Waals surface area contributed by atoms with Gasteiger partial charge in [-0.1, -0.05) is 17.7 Å². The van der Waals surface area contributed by atoms with Gasteiger partial charge in [0.1, 0.15) is 10.5 Å². The molecule has 5 N–H and O–H groups in total. The maximum atomic E-state index is 13.3. The molecule has 176 valence electrons. The van der Waals surface area contributed by atoms with Crippen LogP contribution in [0.3, 0.4) is 0 Å². The van der Waals surface area contributed by atoms with Gasteiger partial charge in [-0.25, -0.2) is 8.42 Å². The van der Waals surface area contributed by atoms with Crippen molar-refractivity contribution in [2.24, 2.45) is 13.0 Å². The Hall–Kier alpha value is -3.72. The molecule has 1 aliphatic carbocycles. The van der Waals surface area contributed by atoms with Crippen molar-refractivity contribution in [1.82, 2.24) is 9.55 Å². The summed E-state index contributed by atoms with van der Waals surface area (Å²) < 4.78 is 34.1. The standard InChI is InChI=1S/C25H26N4O4S/c1-14-3-7-16(8-4-14)34(31,32)21-11-18-19(12-29(2)25(30)23(18)28-21)17-9-10-20(26)22(27)24(17)33-13-15-5-6-15/h3-4,7-12,15,28H,5-6,13,26-27H2,1-2H3. The number of benzene rings is 2. The van der Waals surface area contributed by atoms with Gasteiger partial charge in [0.15, 0.2) is 5.75 Å². The molecule has 0 spiro atoms. The minimum absolute atomic E-state index is 0.0558. The molecule has 5 rings (SSSR count). The molecule has 0 atom stereocenters. The Labute approximate surface area is 197 Å². The quantitative estimate of drug-likeness (QED) is 0.363. The first kappa shape index (κ1) is 22.1. The molecule has 0 aliphatic heterocycles. The molecule has 1 aliphatic rings. The Morgan fingerprint density at radius 3 is 2.47 bits per heavy atom. The first-order valence-electron chi connectivity index (χ1n) is 11.0. The van der Waals surface area contributed by atoms with Crippen LogP contribution in [0.4, 0.5) is 11.4 Å². The zero-order valence-corrected chi connectivity index (χ0v) is 19.8. The zero-order chi connectivity index (χ0) is 24.2. The molecule has 0 radical (unpaired) electrons. The van der Waals surface area contributed by atoms with E-state index in [-0.39, 0.29) is 21.0 Å². The highest BCUT2D eigenvalue weighted by molar-refractivity contribution is 7.91. The molecule has 34 heavy (non-hydrogen) atoms. The molecule has 0 unspecified atom stereocenters. The number of anilines is 2. The van der Waals surface area contributed by atoms with Crippen molar-refractivity contribution in [3.8, 4) is 16.9 Å². The van der Waals surface area contributed by atoms with Gasteiger partial charge in [-0.15, -0.1) is 0 Å². The van der Waals surface area contributed by atoms with E-state index in [1.165, 1.54) is 10.6 Å². The van der Waals surface area contributed by atoms with Crippen LogP contribution in [0.1, 0.15) is 18.4 Å². The number of hydrogen-bond acceptors (Lipinski definition) is 6. The summed E-state index contributed by atoms with van der Waals surface area (Å²) in [5, 5.41) is 0.411. The number of fused-ring (bicyclic) bond motifs is 1. The summed E-state index contributed by atoms with van der Waals surface area (Å²) in [6, 6.07) is 11.6. The number of hydrogen-bond donors (Lipinski definition) is 3. The topological polar surface area (TPSA) is 133 Å². The number of aromatic nitrogens is 2. The monoisotopic (exact) mass is 478 g/mol. The van der Waals surface area contributed by atoms with Gasteiger partial charge in [0.05, 0.1) is 22.9 Å². The lowest BCUT2D eigenvalue weighted by Gasteiger charge is -2.16. The van der Waals surface area contributed by atoms with Crippen LogP contribution in [0, 0.1) is 12.8 Å². The Bertz CT molecular complexity index is 1580. The summed E-state index contributed by atoms with van der Waals surface area (Å²) in [6.45, 7) is 2.41. The van der Waals surface area contributed by atoms with Crippen LogP contribution in [-0.4, -0.2) is 24.6 Å². The van der Waals surface area contributed by atoms with E-state index in [4.69, 9.17) is 16.2 Å². The van der Waals surface area contributed by atoms with Crippen LogP contribution < -0.4 is 21.8 Å². The van der Waals surface area contributed by atoms with Crippen LogP contribution in [0.2, 0.25) is 0 Å². The van der Waals surface area contributed by atoms with Crippen molar-refractivity contribution < 1.29 is 13.2 Å². The molecule has 2 aromatic heterocycles. The third-order valence-electron chi connectivity index (χ3n) is 6.24. The molecular weight excluding hydrogens is 452 g/mol. The van der Waals surface area contributed by atoms with E-state index in [1.807, 2.05) is 6.92 Å². The van der Waals surface area contributed by atoms with Crippen LogP contribution in [0.15, 0.2) is 63.4 Å². The number of ether oxygens (including phenoxy) is 1. The highest BCUT2D eigenvalue weighted by atomic mass is 32.2. The maximum absolute atomic E-state index is 13.3. The minimum atomic E-state index is -3.86. The molecule has 0 bridgehead atoms. The van der Waals surface area contributed by atoms with Crippen molar-refractivity contribution >= 4 is 32.1 Å². The Kier molecular flexibility index (Phi) is 5.16. The van der Waals surface area contributed by atoms with Crippen LogP contribution in [0.5, 0.6) is 5.75 Å². The second-order valence-corrected chi connectivity index (χ2v) is 10.8. The SMILES string of the molecule is Cc1ccc(S(=O)(=O)c2cc3c(-c4ccc(N)c(N)c4OCC4CC4)cn(C)c(=O)c3[nH]2)cc1. The van der Waals surface area contributed by atoms with Gasteiger partial charge in [-0.3, -0.25) is 4.79 Å². The molecule has 1 saturated carbocycles. The summed E-state index contributed by atoms with van der Waals surface area (Å²) in [7, 11) is -2.25. The summed E-state index contributed by atoms with van der Waals surface area (Å²) in [5.41, 5.74) is 15.1. The van der Waals surface area contributed by atoms with Gasteiger partial charge in [-0.2, -0.15) is 0 Å². The van der Waals surface area contributed by atoms with E-state index in [0.29, 0.717) is 46.2 Å². The van der Waals surface area contributed by atoms with E-state index < -0.39 is 9.84 Å². The maximum Gasteiger partial charge on any atom is 0.274 e. The third-order valence-corrected chi connectivity index (χ3v) is 7.93. The van der Waals surface area contributed by atoms with Crippen molar-refractivity contribution in [3.05, 3.63) is 64.6 Å². The van der Waals surface area contributed by atoms with Gasteiger partial charge in [0.2, 0.25) is 9.84 Å². The molecule has 1 fully saturated rings. The fourth-order valence-corrected chi connectivity index (χ4v) is 5.24. The fraction of sp³-hybridized carbons (Fsp3) is 0.240. The Morgan fingerprint density at radius 2 is 1.79 bits per heavy atom. The number of nitrogens with zero attached hydrogens (tertiary/aromatic N) is 1. The van der Waals surface area contributed by atoms with Gasteiger partial charge in [0, 0.05) is 29.8 Å². The van der Waals surface area contributed by atoms with Gasteiger partial charge in [-0.05, 0) is 56.0 Å². The third kappa shape index (κ3) is 3.71. The van der Waals surface area contributed by atoms with E-state index in [0.717, 1.165) is 18.4 Å². The highest BCUT2D eigenvalue weighted by Crippen LogP contribution is 2.42. The van der Waals surface area contributed by atoms with Crippen molar-refractivity contribution in [2.75, 3.05) is 18.1 Å². The van der Waals surface area contributed by atoms with Gasteiger partial charge >= 0.3 is 0 Å². The fourth-order valence-electron chi connectivity index (χ4n) is 3.98. The van der Waals surface area contributed by atoms with E-state index >= 15 is 0 Å². The van der Waals surface area contributed by atoms with E-state index in [1.54, 1.807) is 49.6 Å². The van der Waals surface area contributed by atoms with E-state index in [9.17, 15) is 13.2 Å². The molecule has 2 aromatic carbocycles. The molecule has 9 heteroatoms. The normalized spacial score (nSPS) is 13.9. The van der Waals surface area contributed by atoms with Crippen LogP contribution in [-0.2, 0) is 16.9 Å². The number of H-pyrrole nitrogens is 1. The number of rotatable bonds is 6. The highest BCUT2D eigenvalue weighted by Gasteiger charge is 2.26. The second-order valence-electron chi connectivity index (χ2n) is 8.90.